The van der Waals surface area contributed by atoms with Gasteiger partial charge in [0.05, 0.1) is 6.10 Å². The molecule has 0 aromatic rings. The Kier molecular flexibility index (Phi) is 4.29. The van der Waals surface area contributed by atoms with E-state index in [1.807, 2.05) is 0 Å². The van der Waals surface area contributed by atoms with E-state index in [0.29, 0.717) is 23.5 Å². The first-order chi connectivity index (χ1) is 8.82. The number of rotatable bonds is 3. The lowest BCUT2D eigenvalue weighted by Crippen LogP contribution is -2.63. The number of ether oxygens (including phenoxy) is 1. The molecule has 1 saturated carbocycles. The van der Waals surface area contributed by atoms with Crippen LogP contribution in [0.1, 0.15) is 53.4 Å². The second-order valence-electron chi connectivity index (χ2n) is 7.62. The summed E-state index contributed by atoms with van der Waals surface area (Å²) in [5, 5.41) is 0. The third-order valence-corrected chi connectivity index (χ3v) is 5.90. The first-order valence-corrected chi connectivity index (χ1v) is 7.87. The maximum Gasteiger partial charge on any atom is 0.0703 e. The average molecular weight is 268 g/mol. The van der Waals surface area contributed by atoms with Crippen LogP contribution in [0.4, 0.5) is 0 Å². The molecule has 0 spiro atoms. The predicted molar refractivity (Wildman–Crippen MR) is 80.2 cm³/mol. The summed E-state index contributed by atoms with van der Waals surface area (Å²) in [5.74, 6) is 0.652. The second-order valence-corrected chi connectivity index (χ2v) is 7.62. The third kappa shape index (κ3) is 2.70. The van der Waals surface area contributed by atoms with Crippen molar-refractivity contribution in [2.75, 3.05) is 20.2 Å². The Hall–Kier alpha value is -0.120. The Labute approximate surface area is 118 Å². The first kappa shape index (κ1) is 15.3. The Morgan fingerprint density at radius 2 is 1.95 bits per heavy atom. The van der Waals surface area contributed by atoms with E-state index in [4.69, 9.17) is 10.5 Å². The number of hydrogen-bond donors (Lipinski definition) is 1. The van der Waals surface area contributed by atoms with Gasteiger partial charge in [0.1, 0.15) is 0 Å². The van der Waals surface area contributed by atoms with E-state index in [-0.39, 0.29) is 5.54 Å². The van der Waals surface area contributed by atoms with Crippen molar-refractivity contribution in [1.82, 2.24) is 4.90 Å². The molecule has 3 nitrogen and oxygen atoms in total. The highest BCUT2D eigenvalue weighted by molar-refractivity contribution is 5.04. The highest BCUT2D eigenvalue weighted by atomic mass is 16.5. The molecule has 4 unspecified atom stereocenters. The molecular formula is C16H32N2O. The van der Waals surface area contributed by atoms with Gasteiger partial charge in [-0.05, 0) is 51.0 Å². The first-order valence-electron chi connectivity index (χ1n) is 7.87. The number of nitrogens with zero attached hydrogens (tertiary/aromatic N) is 1. The summed E-state index contributed by atoms with van der Waals surface area (Å²) < 4.78 is 5.76. The molecular weight excluding hydrogens is 236 g/mol. The number of hydrogen-bond acceptors (Lipinski definition) is 3. The molecule has 4 atom stereocenters. The second kappa shape index (κ2) is 5.34. The Morgan fingerprint density at radius 1 is 1.26 bits per heavy atom. The van der Waals surface area contributed by atoms with E-state index in [0.717, 1.165) is 19.6 Å². The predicted octanol–water partition coefficient (Wildman–Crippen LogP) is 2.64. The van der Waals surface area contributed by atoms with Gasteiger partial charge < -0.3 is 10.5 Å². The van der Waals surface area contributed by atoms with E-state index >= 15 is 0 Å². The van der Waals surface area contributed by atoms with E-state index in [9.17, 15) is 0 Å². The summed E-state index contributed by atoms with van der Waals surface area (Å²) in [4.78, 5) is 2.57. The fourth-order valence-electron chi connectivity index (χ4n) is 4.45. The molecule has 0 bridgehead atoms. The molecule has 1 aliphatic heterocycles. The van der Waals surface area contributed by atoms with Crippen LogP contribution in [0.2, 0.25) is 0 Å². The molecule has 0 aromatic carbocycles. The van der Waals surface area contributed by atoms with Gasteiger partial charge in [-0.3, -0.25) is 4.90 Å². The monoisotopic (exact) mass is 268 g/mol. The SMILES string of the molecule is CC1OCCC1N(C)C1(CN)CCC(C)(C)CC1C. The van der Waals surface area contributed by atoms with Crippen LogP contribution in [-0.2, 0) is 4.74 Å². The van der Waals surface area contributed by atoms with Crippen LogP contribution in [0.15, 0.2) is 0 Å². The Morgan fingerprint density at radius 3 is 2.42 bits per heavy atom. The zero-order valence-electron chi connectivity index (χ0n) is 13.4. The van der Waals surface area contributed by atoms with E-state index in [2.05, 4.69) is 39.6 Å². The van der Waals surface area contributed by atoms with Crippen LogP contribution in [-0.4, -0.2) is 42.8 Å². The molecule has 2 rings (SSSR count). The van der Waals surface area contributed by atoms with Crippen molar-refractivity contribution < 1.29 is 4.74 Å². The van der Waals surface area contributed by atoms with Gasteiger partial charge >= 0.3 is 0 Å². The van der Waals surface area contributed by atoms with Crippen molar-refractivity contribution in [3.8, 4) is 0 Å². The average Bonchev–Trinajstić information content (AvgIpc) is 2.74. The fourth-order valence-corrected chi connectivity index (χ4v) is 4.45. The minimum absolute atomic E-state index is 0.169. The molecule has 1 heterocycles. The lowest BCUT2D eigenvalue weighted by molar-refractivity contribution is -0.0447. The Bertz CT molecular complexity index is 318. The van der Waals surface area contributed by atoms with Crippen LogP contribution in [0.25, 0.3) is 0 Å². The fraction of sp³-hybridized carbons (Fsp3) is 1.00. The lowest BCUT2D eigenvalue weighted by atomic mass is 9.63. The van der Waals surface area contributed by atoms with Crippen molar-refractivity contribution in [3.63, 3.8) is 0 Å². The molecule has 0 amide bonds. The standard InChI is InChI=1S/C16H32N2O/c1-12-10-15(3,4)7-8-16(12,11-17)18(5)14-6-9-19-13(14)2/h12-14H,6-11,17H2,1-5H3. The lowest BCUT2D eigenvalue weighted by Gasteiger charge is -2.54. The van der Waals surface area contributed by atoms with Crippen molar-refractivity contribution >= 4 is 0 Å². The molecule has 0 radical (unpaired) electrons. The number of likely N-dealkylation sites (N-methyl/N-ethyl adjacent to an activating group) is 1. The summed E-state index contributed by atoms with van der Waals surface area (Å²) in [7, 11) is 2.28. The third-order valence-electron chi connectivity index (χ3n) is 5.90. The summed E-state index contributed by atoms with van der Waals surface area (Å²) in [6.45, 7) is 11.1. The van der Waals surface area contributed by atoms with Crippen molar-refractivity contribution in [1.29, 1.82) is 0 Å². The van der Waals surface area contributed by atoms with E-state index in [1.54, 1.807) is 0 Å². The highest BCUT2D eigenvalue weighted by Crippen LogP contribution is 2.47. The maximum atomic E-state index is 6.25. The minimum atomic E-state index is 0.169. The molecule has 1 saturated heterocycles. The van der Waals surface area contributed by atoms with E-state index < -0.39 is 0 Å². The summed E-state index contributed by atoms with van der Waals surface area (Å²) in [6, 6.07) is 0.534. The summed E-state index contributed by atoms with van der Waals surface area (Å²) in [5.41, 5.74) is 6.89. The highest BCUT2D eigenvalue weighted by Gasteiger charge is 2.48. The smallest absolute Gasteiger partial charge is 0.0703 e. The van der Waals surface area contributed by atoms with Crippen LogP contribution in [0, 0.1) is 11.3 Å². The molecule has 2 fully saturated rings. The van der Waals surface area contributed by atoms with Gasteiger partial charge in [0.25, 0.3) is 0 Å². The van der Waals surface area contributed by atoms with Crippen LogP contribution < -0.4 is 5.73 Å². The van der Waals surface area contributed by atoms with Gasteiger partial charge in [0.15, 0.2) is 0 Å². The van der Waals surface area contributed by atoms with Crippen LogP contribution in [0.3, 0.4) is 0 Å². The van der Waals surface area contributed by atoms with Gasteiger partial charge in [-0.2, -0.15) is 0 Å². The topological polar surface area (TPSA) is 38.5 Å². The quantitative estimate of drug-likeness (QED) is 0.855. The molecule has 0 aromatic heterocycles. The van der Waals surface area contributed by atoms with Gasteiger partial charge in [0.2, 0.25) is 0 Å². The zero-order valence-corrected chi connectivity index (χ0v) is 13.4. The molecule has 2 aliphatic rings. The summed E-state index contributed by atoms with van der Waals surface area (Å²) in [6.07, 6.45) is 5.26. The van der Waals surface area contributed by atoms with Crippen molar-refractivity contribution in [3.05, 3.63) is 0 Å². The van der Waals surface area contributed by atoms with E-state index in [1.165, 1.54) is 19.3 Å². The number of nitrogens with two attached hydrogens (primary N) is 1. The van der Waals surface area contributed by atoms with Crippen LogP contribution in [0.5, 0.6) is 0 Å². The van der Waals surface area contributed by atoms with Gasteiger partial charge in [-0.15, -0.1) is 0 Å². The molecule has 19 heavy (non-hydrogen) atoms. The van der Waals surface area contributed by atoms with Crippen molar-refractivity contribution in [2.24, 2.45) is 17.1 Å². The van der Waals surface area contributed by atoms with Gasteiger partial charge in [-0.1, -0.05) is 20.8 Å². The van der Waals surface area contributed by atoms with Gasteiger partial charge in [-0.25, -0.2) is 0 Å². The largest absolute Gasteiger partial charge is 0.377 e. The summed E-state index contributed by atoms with van der Waals surface area (Å²) >= 11 is 0. The van der Waals surface area contributed by atoms with Crippen LogP contribution >= 0.6 is 0 Å². The molecule has 3 heteroatoms. The molecule has 1 aliphatic carbocycles. The maximum absolute atomic E-state index is 6.25. The molecule has 2 N–H and O–H groups in total. The minimum Gasteiger partial charge on any atom is -0.377 e. The Balaban J connectivity index is 2.18. The van der Waals surface area contributed by atoms with Crippen molar-refractivity contribution in [2.45, 2.75) is 71.1 Å². The van der Waals surface area contributed by atoms with Gasteiger partial charge in [0, 0.05) is 24.7 Å². The normalized spacial score (nSPS) is 42.8. The molecule has 112 valence electrons. The zero-order chi connectivity index (χ0) is 14.3.